The van der Waals surface area contributed by atoms with Crippen molar-refractivity contribution in [3.8, 4) is 10.7 Å². The number of hydrogen-bond donors (Lipinski definition) is 0. The van der Waals surface area contributed by atoms with Crippen LogP contribution in [0.15, 0.2) is 22.0 Å². The molecule has 1 saturated heterocycles. The lowest BCUT2D eigenvalue weighted by Gasteiger charge is -2.33. The number of amides is 1. The first-order valence-corrected chi connectivity index (χ1v) is 8.51. The van der Waals surface area contributed by atoms with E-state index in [0.717, 1.165) is 31.1 Å². The molecule has 7 nitrogen and oxygen atoms in total. The van der Waals surface area contributed by atoms with Gasteiger partial charge in [-0.3, -0.25) is 14.6 Å². The molecule has 124 valence electrons. The Labute approximate surface area is 139 Å². The summed E-state index contributed by atoms with van der Waals surface area (Å²) in [6, 6.07) is 3.96. The first-order chi connectivity index (χ1) is 11.1. The Balaban J connectivity index is 1.48. The third-order valence-corrected chi connectivity index (χ3v) is 4.76. The zero-order valence-electron chi connectivity index (χ0n) is 13.4. The third kappa shape index (κ3) is 4.15. The number of nitrogens with zero attached hydrogens (tertiary/aromatic N) is 5. The van der Waals surface area contributed by atoms with Gasteiger partial charge in [-0.1, -0.05) is 11.2 Å². The van der Waals surface area contributed by atoms with Gasteiger partial charge < -0.3 is 9.42 Å². The Hall–Kier alpha value is -1.77. The van der Waals surface area contributed by atoms with Crippen molar-refractivity contribution >= 4 is 17.2 Å². The van der Waals surface area contributed by atoms with Crippen molar-refractivity contribution in [3.63, 3.8) is 0 Å². The topological polar surface area (TPSA) is 65.7 Å². The number of carbonyl (C=O) groups excluding carboxylic acids is 1. The molecular weight excluding hydrogens is 314 g/mol. The van der Waals surface area contributed by atoms with Gasteiger partial charge >= 0.3 is 0 Å². The first kappa shape index (κ1) is 16.1. The molecule has 3 rings (SSSR count). The average Bonchev–Trinajstić information content (AvgIpc) is 3.20. The first-order valence-electron chi connectivity index (χ1n) is 7.63. The molecule has 0 atom stereocenters. The number of likely N-dealkylation sites (N-methyl/N-ethyl adjacent to an activating group) is 1. The van der Waals surface area contributed by atoms with E-state index in [4.69, 9.17) is 4.52 Å². The van der Waals surface area contributed by atoms with E-state index in [1.807, 2.05) is 17.5 Å². The Morgan fingerprint density at radius 3 is 2.70 bits per heavy atom. The minimum atomic E-state index is 0.149. The molecule has 23 heavy (non-hydrogen) atoms. The lowest BCUT2D eigenvalue weighted by molar-refractivity contribution is -0.130. The van der Waals surface area contributed by atoms with E-state index in [1.54, 1.807) is 30.3 Å². The molecule has 3 heterocycles. The molecule has 0 unspecified atom stereocenters. The fraction of sp³-hybridized carbons (Fsp3) is 0.533. The van der Waals surface area contributed by atoms with Crippen LogP contribution in [-0.2, 0) is 11.3 Å². The lowest BCUT2D eigenvalue weighted by Crippen LogP contribution is -2.48. The second-order valence-corrected chi connectivity index (χ2v) is 6.78. The Bertz CT molecular complexity index is 632. The van der Waals surface area contributed by atoms with Crippen LogP contribution in [-0.4, -0.2) is 77.6 Å². The standard InChI is InChI=1S/C15H21N5O2S/c1-18(2)14(21)11-20-7-5-19(6-8-20)10-13-16-15(17-22-13)12-4-3-9-23-12/h3-4,9H,5-8,10-11H2,1-2H3. The van der Waals surface area contributed by atoms with Crippen LogP contribution in [0.3, 0.4) is 0 Å². The van der Waals surface area contributed by atoms with Crippen LogP contribution >= 0.6 is 11.3 Å². The molecule has 0 aliphatic carbocycles. The maximum atomic E-state index is 11.7. The summed E-state index contributed by atoms with van der Waals surface area (Å²) in [6.45, 7) is 4.71. The molecule has 0 radical (unpaired) electrons. The zero-order chi connectivity index (χ0) is 16.2. The van der Waals surface area contributed by atoms with E-state index in [2.05, 4.69) is 19.9 Å². The Morgan fingerprint density at radius 2 is 2.04 bits per heavy atom. The zero-order valence-corrected chi connectivity index (χ0v) is 14.3. The van der Waals surface area contributed by atoms with Gasteiger partial charge in [0.25, 0.3) is 0 Å². The van der Waals surface area contributed by atoms with Crippen LogP contribution in [0.2, 0.25) is 0 Å². The fourth-order valence-electron chi connectivity index (χ4n) is 2.45. The van der Waals surface area contributed by atoms with Gasteiger partial charge in [0.05, 0.1) is 18.0 Å². The SMILES string of the molecule is CN(C)C(=O)CN1CCN(Cc2nc(-c3cccs3)no2)CC1. The van der Waals surface area contributed by atoms with Crippen LogP contribution in [0.4, 0.5) is 0 Å². The van der Waals surface area contributed by atoms with E-state index in [-0.39, 0.29) is 5.91 Å². The molecule has 0 spiro atoms. The number of aromatic nitrogens is 2. The van der Waals surface area contributed by atoms with E-state index in [9.17, 15) is 4.79 Å². The summed E-state index contributed by atoms with van der Waals surface area (Å²) in [5.41, 5.74) is 0. The van der Waals surface area contributed by atoms with Crippen molar-refractivity contribution in [3.05, 3.63) is 23.4 Å². The molecule has 1 aliphatic rings. The summed E-state index contributed by atoms with van der Waals surface area (Å²) in [7, 11) is 3.58. The molecule has 8 heteroatoms. The van der Waals surface area contributed by atoms with Crippen molar-refractivity contribution in [2.45, 2.75) is 6.54 Å². The molecule has 0 aromatic carbocycles. The Kier molecular flexibility index (Phi) is 5.04. The highest BCUT2D eigenvalue weighted by atomic mass is 32.1. The van der Waals surface area contributed by atoms with Gasteiger partial charge in [0.15, 0.2) is 0 Å². The highest BCUT2D eigenvalue weighted by Crippen LogP contribution is 2.21. The number of rotatable bonds is 5. The van der Waals surface area contributed by atoms with Crippen molar-refractivity contribution in [2.75, 3.05) is 46.8 Å². The van der Waals surface area contributed by atoms with E-state index in [0.29, 0.717) is 24.8 Å². The Morgan fingerprint density at radius 1 is 1.30 bits per heavy atom. The molecule has 0 bridgehead atoms. The summed E-state index contributed by atoms with van der Waals surface area (Å²) < 4.78 is 5.34. The van der Waals surface area contributed by atoms with Crippen molar-refractivity contribution in [1.29, 1.82) is 0 Å². The number of thiophene rings is 1. The molecule has 2 aromatic heterocycles. The van der Waals surface area contributed by atoms with Gasteiger partial charge in [-0.2, -0.15) is 4.98 Å². The highest BCUT2D eigenvalue weighted by molar-refractivity contribution is 7.13. The molecule has 2 aromatic rings. The maximum Gasteiger partial charge on any atom is 0.241 e. The molecule has 1 amide bonds. The number of hydrogen-bond acceptors (Lipinski definition) is 7. The van der Waals surface area contributed by atoms with Gasteiger partial charge in [0.1, 0.15) is 0 Å². The van der Waals surface area contributed by atoms with Crippen LogP contribution in [0.1, 0.15) is 5.89 Å². The number of piperazine rings is 1. The molecule has 0 N–H and O–H groups in total. The molecular formula is C15H21N5O2S. The van der Waals surface area contributed by atoms with Gasteiger partial charge in [-0.15, -0.1) is 11.3 Å². The largest absolute Gasteiger partial charge is 0.348 e. The quantitative estimate of drug-likeness (QED) is 0.812. The monoisotopic (exact) mass is 335 g/mol. The summed E-state index contributed by atoms with van der Waals surface area (Å²) in [5, 5.41) is 6.03. The summed E-state index contributed by atoms with van der Waals surface area (Å²) in [6.07, 6.45) is 0. The van der Waals surface area contributed by atoms with Gasteiger partial charge in [0.2, 0.25) is 17.6 Å². The van der Waals surface area contributed by atoms with Crippen LogP contribution < -0.4 is 0 Å². The summed E-state index contributed by atoms with van der Waals surface area (Å²) in [4.78, 5) is 23.3. The average molecular weight is 335 g/mol. The van der Waals surface area contributed by atoms with Crippen molar-refractivity contribution < 1.29 is 9.32 Å². The normalized spacial score (nSPS) is 16.6. The van der Waals surface area contributed by atoms with Crippen LogP contribution in [0.25, 0.3) is 10.7 Å². The second kappa shape index (κ2) is 7.20. The fourth-order valence-corrected chi connectivity index (χ4v) is 3.10. The lowest BCUT2D eigenvalue weighted by atomic mass is 10.3. The maximum absolute atomic E-state index is 11.7. The summed E-state index contributed by atoms with van der Waals surface area (Å²) in [5.74, 6) is 1.45. The van der Waals surface area contributed by atoms with Gasteiger partial charge in [-0.05, 0) is 11.4 Å². The second-order valence-electron chi connectivity index (χ2n) is 5.83. The molecule has 0 saturated carbocycles. The molecule has 1 aliphatic heterocycles. The van der Waals surface area contributed by atoms with E-state index >= 15 is 0 Å². The van der Waals surface area contributed by atoms with Gasteiger partial charge in [0, 0.05) is 40.3 Å². The van der Waals surface area contributed by atoms with Crippen LogP contribution in [0.5, 0.6) is 0 Å². The van der Waals surface area contributed by atoms with E-state index in [1.165, 1.54) is 0 Å². The smallest absolute Gasteiger partial charge is 0.241 e. The third-order valence-electron chi connectivity index (χ3n) is 3.89. The van der Waals surface area contributed by atoms with E-state index < -0.39 is 0 Å². The van der Waals surface area contributed by atoms with Crippen LogP contribution in [0, 0.1) is 0 Å². The van der Waals surface area contributed by atoms with Crippen molar-refractivity contribution in [1.82, 2.24) is 24.8 Å². The number of carbonyl (C=O) groups is 1. The highest BCUT2D eigenvalue weighted by Gasteiger charge is 2.21. The van der Waals surface area contributed by atoms with Gasteiger partial charge in [-0.25, -0.2) is 0 Å². The minimum absolute atomic E-state index is 0.149. The predicted molar refractivity (Wildman–Crippen MR) is 88.0 cm³/mol. The van der Waals surface area contributed by atoms with Crippen molar-refractivity contribution in [2.24, 2.45) is 0 Å². The summed E-state index contributed by atoms with van der Waals surface area (Å²) >= 11 is 1.60. The minimum Gasteiger partial charge on any atom is -0.348 e. The predicted octanol–water partition coefficient (Wildman–Crippen LogP) is 1.00. The molecule has 1 fully saturated rings.